The number of thiocarbonyl (C=S) groups is 1. The molecule has 2 aromatic carbocycles. The van der Waals surface area contributed by atoms with Crippen molar-refractivity contribution in [1.82, 2.24) is 0 Å². The molecule has 29 heavy (non-hydrogen) atoms. The van der Waals surface area contributed by atoms with E-state index < -0.39 is 12.1 Å². The highest BCUT2D eigenvalue weighted by molar-refractivity contribution is 8.27. The average Bonchev–Trinajstić information content (AvgIpc) is 3.00. The Morgan fingerprint density at radius 3 is 2.59 bits per heavy atom. The lowest BCUT2D eigenvalue weighted by atomic mass is 10.1. The molecule has 0 aliphatic carbocycles. The first-order valence-electron chi connectivity index (χ1n) is 8.85. The molecule has 1 amide bonds. The SMILES string of the molecule is CCC(Oc1ccc(/C=C2/SC(=S)N(c3ccccc3)C2=O)cc1OC)C(=O)O. The van der Waals surface area contributed by atoms with Gasteiger partial charge in [-0.15, -0.1) is 0 Å². The zero-order valence-corrected chi connectivity index (χ0v) is 17.5. The number of thioether (sulfide) groups is 1. The van der Waals surface area contributed by atoms with Crippen LogP contribution >= 0.6 is 24.0 Å². The predicted molar refractivity (Wildman–Crippen MR) is 117 cm³/mol. The maximum atomic E-state index is 12.8. The van der Waals surface area contributed by atoms with Crippen LogP contribution in [-0.2, 0) is 9.59 Å². The zero-order valence-electron chi connectivity index (χ0n) is 15.8. The van der Waals surface area contributed by atoms with Crippen LogP contribution in [0.15, 0.2) is 53.4 Å². The standard InChI is InChI=1S/C21H19NO5S2/c1-3-15(20(24)25)27-16-10-9-13(11-17(16)26-2)12-18-19(23)22(21(28)29-18)14-7-5-4-6-8-14/h4-12,15H,3H2,1-2H3,(H,24,25)/b18-12+. The van der Waals surface area contributed by atoms with Gasteiger partial charge in [0.1, 0.15) is 0 Å². The fraction of sp³-hybridized carbons (Fsp3) is 0.190. The Kier molecular flexibility index (Phi) is 6.56. The van der Waals surface area contributed by atoms with E-state index in [-0.39, 0.29) is 5.91 Å². The molecule has 8 heteroatoms. The minimum atomic E-state index is -1.04. The number of ether oxygens (including phenoxy) is 2. The molecule has 0 bridgehead atoms. The average molecular weight is 430 g/mol. The summed E-state index contributed by atoms with van der Waals surface area (Å²) >= 11 is 6.60. The number of rotatable bonds is 7. The maximum Gasteiger partial charge on any atom is 0.344 e. The smallest absolute Gasteiger partial charge is 0.344 e. The molecule has 1 unspecified atom stereocenters. The monoisotopic (exact) mass is 429 g/mol. The molecule has 0 radical (unpaired) electrons. The molecule has 1 atom stereocenters. The van der Waals surface area contributed by atoms with Gasteiger partial charge in [-0.25, -0.2) is 4.79 Å². The predicted octanol–water partition coefficient (Wildman–Crippen LogP) is 4.34. The highest BCUT2D eigenvalue weighted by atomic mass is 32.2. The van der Waals surface area contributed by atoms with E-state index in [1.54, 1.807) is 31.2 Å². The van der Waals surface area contributed by atoms with Gasteiger partial charge in [-0.05, 0) is 42.3 Å². The molecule has 1 N–H and O–H groups in total. The van der Waals surface area contributed by atoms with E-state index in [1.807, 2.05) is 30.3 Å². The molecule has 3 rings (SSSR count). The molecule has 1 fully saturated rings. The van der Waals surface area contributed by atoms with Gasteiger partial charge in [-0.2, -0.15) is 0 Å². The number of carbonyl (C=O) groups excluding carboxylic acids is 1. The van der Waals surface area contributed by atoms with Crippen LogP contribution in [0.2, 0.25) is 0 Å². The van der Waals surface area contributed by atoms with E-state index in [4.69, 9.17) is 21.7 Å². The van der Waals surface area contributed by atoms with Crippen LogP contribution < -0.4 is 14.4 Å². The summed E-state index contributed by atoms with van der Waals surface area (Å²) < 4.78 is 11.3. The summed E-state index contributed by atoms with van der Waals surface area (Å²) in [5, 5.41) is 9.18. The van der Waals surface area contributed by atoms with Crippen molar-refractivity contribution < 1.29 is 24.2 Å². The maximum absolute atomic E-state index is 12.8. The van der Waals surface area contributed by atoms with E-state index in [0.29, 0.717) is 32.7 Å². The lowest BCUT2D eigenvalue weighted by Gasteiger charge is -2.16. The molecule has 2 aromatic rings. The summed E-state index contributed by atoms with van der Waals surface area (Å²) in [7, 11) is 1.47. The topological polar surface area (TPSA) is 76.1 Å². The third-order valence-electron chi connectivity index (χ3n) is 4.21. The zero-order chi connectivity index (χ0) is 21.0. The molecule has 0 aromatic heterocycles. The fourth-order valence-electron chi connectivity index (χ4n) is 2.75. The Hall–Kier alpha value is -2.84. The third-order valence-corrected chi connectivity index (χ3v) is 5.51. The fourth-order valence-corrected chi connectivity index (χ4v) is 4.05. The largest absolute Gasteiger partial charge is 0.493 e. The second kappa shape index (κ2) is 9.11. The van der Waals surface area contributed by atoms with Crippen molar-refractivity contribution in [2.45, 2.75) is 19.4 Å². The number of nitrogens with zero attached hydrogens (tertiary/aromatic N) is 1. The number of carboxylic acid groups (broad SMARTS) is 1. The first-order chi connectivity index (χ1) is 13.9. The Morgan fingerprint density at radius 2 is 1.97 bits per heavy atom. The summed E-state index contributed by atoms with van der Waals surface area (Å²) in [5.74, 6) is -0.515. The number of benzene rings is 2. The quantitative estimate of drug-likeness (QED) is 0.518. The van der Waals surface area contributed by atoms with Crippen LogP contribution in [0.4, 0.5) is 5.69 Å². The molecule has 1 aliphatic rings. The van der Waals surface area contributed by atoms with Gasteiger partial charge < -0.3 is 14.6 Å². The Bertz CT molecular complexity index is 974. The third kappa shape index (κ3) is 4.60. The van der Waals surface area contributed by atoms with Gasteiger partial charge >= 0.3 is 5.97 Å². The molecule has 1 saturated heterocycles. The lowest BCUT2D eigenvalue weighted by Crippen LogP contribution is -2.27. The number of amides is 1. The summed E-state index contributed by atoms with van der Waals surface area (Å²) in [6.45, 7) is 1.73. The second-order valence-electron chi connectivity index (χ2n) is 6.12. The first kappa shape index (κ1) is 20.9. The first-order valence-corrected chi connectivity index (χ1v) is 10.1. The van der Waals surface area contributed by atoms with E-state index in [1.165, 1.54) is 23.8 Å². The van der Waals surface area contributed by atoms with E-state index >= 15 is 0 Å². The molecule has 0 saturated carbocycles. The molecule has 1 heterocycles. The van der Waals surface area contributed by atoms with Crippen molar-refractivity contribution in [3.05, 3.63) is 59.0 Å². The summed E-state index contributed by atoms with van der Waals surface area (Å²) in [4.78, 5) is 26.0. The number of methoxy groups -OCH3 is 1. The van der Waals surface area contributed by atoms with Crippen molar-refractivity contribution in [2.24, 2.45) is 0 Å². The minimum absolute atomic E-state index is 0.192. The summed E-state index contributed by atoms with van der Waals surface area (Å²) in [6, 6.07) is 14.3. The van der Waals surface area contributed by atoms with Gasteiger partial charge in [-0.3, -0.25) is 9.69 Å². The van der Waals surface area contributed by atoms with Crippen LogP contribution in [0.1, 0.15) is 18.9 Å². The Balaban J connectivity index is 1.86. The summed E-state index contributed by atoms with van der Waals surface area (Å²) in [5.41, 5.74) is 1.44. The molecule has 1 aliphatic heterocycles. The van der Waals surface area contributed by atoms with E-state index in [2.05, 4.69) is 0 Å². The van der Waals surface area contributed by atoms with Gasteiger partial charge in [0.05, 0.1) is 17.7 Å². The lowest BCUT2D eigenvalue weighted by molar-refractivity contribution is -0.145. The van der Waals surface area contributed by atoms with Gasteiger partial charge in [0.25, 0.3) is 5.91 Å². The molecule has 150 valence electrons. The van der Waals surface area contributed by atoms with Crippen LogP contribution in [0.25, 0.3) is 6.08 Å². The van der Waals surface area contributed by atoms with Crippen LogP contribution in [0.5, 0.6) is 11.5 Å². The number of carboxylic acids is 1. The number of aliphatic carboxylic acids is 1. The summed E-state index contributed by atoms with van der Waals surface area (Å²) in [6.07, 6.45) is 1.09. The van der Waals surface area contributed by atoms with E-state index in [9.17, 15) is 14.7 Å². The van der Waals surface area contributed by atoms with Gasteiger partial charge in [0.15, 0.2) is 21.9 Å². The number of hydrogen-bond donors (Lipinski definition) is 1. The highest BCUT2D eigenvalue weighted by Gasteiger charge is 2.33. The van der Waals surface area contributed by atoms with Crippen LogP contribution in [0, 0.1) is 0 Å². The second-order valence-corrected chi connectivity index (χ2v) is 7.79. The van der Waals surface area contributed by atoms with Gasteiger partial charge in [0, 0.05) is 0 Å². The molecular weight excluding hydrogens is 410 g/mol. The number of carbonyl (C=O) groups is 2. The van der Waals surface area contributed by atoms with Gasteiger partial charge in [-0.1, -0.05) is 55.2 Å². The van der Waals surface area contributed by atoms with Crippen LogP contribution in [0.3, 0.4) is 0 Å². The number of hydrogen-bond acceptors (Lipinski definition) is 6. The molecule has 6 nitrogen and oxygen atoms in total. The molecule has 0 spiro atoms. The normalized spacial score (nSPS) is 16.2. The molecular formula is C21H19NO5S2. The van der Waals surface area contributed by atoms with E-state index in [0.717, 1.165) is 5.69 Å². The van der Waals surface area contributed by atoms with Crippen molar-refractivity contribution in [2.75, 3.05) is 12.0 Å². The van der Waals surface area contributed by atoms with Crippen molar-refractivity contribution >= 4 is 51.9 Å². The van der Waals surface area contributed by atoms with Crippen molar-refractivity contribution in [1.29, 1.82) is 0 Å². The Morgan fingerprint density at radius 1 is 1.24 bits per heavy atom. The Labute approximate surface area is 178 Å². The van der Waals surface area contributed by atoms with Crippen molar-refractivity contribution in [3.63, 3.8) is 0 Å². The number of para-hydroxylation sites is 1. The van der Waals surface area contributed by atoms with Crippen molar-refractivity contribution in [3.8, 4) is 11.5 Å². The number of anilines is 1. The van der Waals surface area contributed by atoms with Gasteiger partial charge in [0.2, 0.25) is 0 Å². The highest BCUT2D eigenvalue weighted by Crippen LogP contribution is 2.37. The minimum Gasteiger partial charge on any atom is -0.493 e. The van der Waals surface area contributed by atoms with Crippen LogP contribution in [-0.4, -0.2) is 34.5 Å².